The van der Waals surface area contributed by atoms with Crippen molar-refractivity contribution in [3.8, 4) is 0 Å². The maximum atomic E-state index is 13.1. The molecule has 0 unspecified atom stereocenters. The lowest BCUT2D eigenvalue weighted by Gasteiger charge is -2.19. The lowest BCUT2D eigenvalue weighted by Crippen LogP contribution is -2.12. The molecule has 0 saturated carbocycles. The highest BCUT2D eigenvalue weighted by molar-refractivity contribution is 5.68. The minimum atomic E-state index is -0.819. The summed E-state index contributed by atoms with van der Waals surface area (Å²) in [5.74, 6) is -0.903. The van der Waals surface area contributed by atoms with Gasteiger partial charge in [0, 0.05) is 0 Å². The van der Waals surface area contributed by atoms with Crippen molar-refractivity contribution >= 4 is 5.97 Å². The summed E-state index contributed by atoms with van der Waals surface area (Å²) in [6.07, 6.45) is 0.0861. The minimum absolute atomic E-state index is 0.0585. The Labute approximate surface area is 95.1 Å². The summed E-state index contributed by atoms with van der Waals surface area (Å²) in [4.78, 5) is 10.8. The molecule has 1 N–H and O–H groups in total. The first-order valence-corrected chi connectivity index (χ1v) is 5.39. The quantitative estimate of drug-likeness (QED) is 0.851. The summed E-state index contributed by atoms with van der Waals surface area (Å²) in [7, 11) is 0. The van der Waals surface area contributed by atoms with Gasteiger partial charge in [-0.05, 0) is 36.0 Å². The Morgan fingerprint density at radius 3 is 2.50 bits per heavy atom. The predicted octanol–water partition coefficient (Wildman–Crippen LogP) is 3.35. The lowest BCUT2D eigenvalue weighted by atomic mass is 9.85. The number of carboxylic acids is 1. The number of aliphatic carboxylic acids is 1. The minimum Gasteiger partial charge on any atom is -0.481 e. The van der Waals surface area contributed by atoms with E-state index in [-0.39, 0.29) is 24.1 Å². The van der Waals surface area contributed by atoms with Crippen molar-refractivity contribution < 1.29 is 14.3 Å². The average Bonchev–Trinajstić information content (AvgIpc) is 2.18. The van der Waals surface area contributed by atoms with Crippen LogP contribution >= 0.6 is 0 Å². The van der Waals surface area contributed by atoms with Crippen molar-refractivity contribution in [2.24, 2.45) is 5.92 Å². The van der Waals surface area contributed by atoms with Gasteiger partial charge in [-0.15, -0.1) is 0 Å². The molecule has 0 radical (unpaired) electrons. The van der Waals surface area contributed by atoms with Gasteiger partial charge in [-0.2, -0.15) is 0 Å². The number of carbonyl (C=O) groups is 1. The molecular formula is C13H17FO2. The van der Waals surface area contributed by atoms with Gasteiger partial charge in [0.2, 0.25) is 0 Å². The molecule has 0 aliphatic heterocycles. The average molecular weight is 224 g/mol. The fraction of sp³-hybridized carbons (Fsp3) is 0.462. The van der Waals surface area contributed by atoms with Crippen LogP contribution in [0.5, 0.6) is 0 Å². The summed E-state index contributed by atoms with van der Waals surface area (Å²) in [6, 6.07) is 4.82. The first-order valence-electron chi connectivity index (χ1n) is 5.39. The normalized spacial score (nSPS) is 12.8. The van der Waals surface area contributed by atoms with E-state index in [1.54, 1.807) is 19.1 Å². The highest BCUT2D eigenvalue weighted by atomic mass is 19.1. The second-order valence-electron chi connectivity index (χ2n) is 4.46. The van der Waals surface area contributed by atoms with Crippen LogP contribution in [0.3, 0.4) is 0 Å². The van der Waals surface area contributed by atoms with Gasteiger partial charge in [0.25, 0.3) is 0 Å². The third-order valence-corrected chi connectivity index (χ3v) is 2.81. The van der Waals surface area contributed by atoms with Crippen LogP contribution in [0.4, 0.5) is 4.39 Å². The van der Waals surface area contributed by atoms with Gasteiger partial charge in [-0.1, -0.05) is 26.0 Å². The van der Waals surface area contributed by atoms with Crippen molar-refractivity contribution in [3.05, 3.63) is 35.1 Å². The van der Waals surface area contributed by atoms with Gasteiger partial charge < -0.3 is 5.11 Å². The Hall–Kier alpha value is -1.38. The Kier molecular flexibility index (Phi) is 4.05. The highest BCUT2D eigenvalue weighted by Crippen LogP contribution is 2.28. The monoisotopic (exact) mass is 224 g/mol. The molecule has 1 atom stereocenters. The zero-order valence-electron chi connectivity index (χ0n) is 9.83. The van der Waals surface area contributed by atoms with E-state index in [0.29, 0.717) is 5.56 Å². The molecular weight excluding hydrogens is 207 g/mol. The number of hydrogen-bond acceptors (Lipinski definition) is 1. The summed E-state index contributed by atoms with van der Waals surface area (Å²) in [5.41, 5.74) is 1.46. The molecule has 3 heteroatoms. The van der Waals surface area contributed by atoms with Crippen molar-refractivity contribution in [2.45, 2.75) is 33.1 Å². The first-order chi connectivity index (χ1) is 7.41. The molecule has 0 fully saturated rings. The van der Waals surface area contributed by atoms with Crippen LogP contribution in [-0.4, -0.2) is 11.1 Å². The van der Waals surface area contributed by atoms with Gasteiger partial charge in [-0.25, -0.2) is 4.39 Å². The lowest BCUT2D eigenvalue weighted by molar-refractivity contribution is -0.137. The smallest absolute Gasteiger partial charge is 0.303 e. The van der Waals surface area contributed by atoms with Crippen LogP contribution in [0.15, 0.2) is 18.2 Å². The van der Waals surface area contributed by atoms with Crippen molar-refractivity contribution in [3.63, 3.8) is 0 Å². The second kappa shape index (κ2) is 5.10. The fourth-order valence-electron chi connectivity index (χ4n) is 1.83. The van der Waals surface area contributed by atoms with E-state index in [9.17, 15) is 9.18 Å². The molecule has 16 heavy (non-hydrogen) atoms. The number of halogens is 1. The van der Waals surface area contributed by atoms with Gasteiger partial charge in [0.05, 0.1) is 6.42 Å². The Morgan fingerprint density at radius 2 is 2.06 bits per heavy atom. The Bertz CT molecular complexity index is 386. The van der Waals surface area contributed by atoms with Crippen LogP contribution in [0, 0.1) is 18.7 Å². The topological polar surface area (TPSA) is 37.3 Å². The largest absolute Gasteiger partial charge is 0.481 e. The molecule has 1 aromatic rings. The number of aryl methyl sites for hydroxylation is 1. The molecule has 0 saturated heterocycles. The van der Waals surface area contributed by atoms with Gasteiger partial charge in [-0.3, -0.25) is 4.79 Å². The summed E-state index contributed by atoms with van der Waals surface area (Å²) < 4.78 is 13.1. The number of rotatable bonds is 4. The molecule has 0 bridgehead atoms. The van der Waals surface area contributed by atoms with Gasteiger partial charge in [0.15, 0.2) is 0 Å². The maximum Gasteiger partial charge on any atom is 0.303 e. The van der Waals surface area contributed by atoms with E-state index in [4.69, 9.17) is 5.11 Å². The summed E-state index contributed by atoms with van der Waals surface area (Å²) >= 11 is 0. The highest BCUT2D eigenvalue weighted by Gasteiger charge is 2.19. The van der Waals surface area contributed by atoms with Crippen LogP contribution < -0.4 is 0 Å². The van der Waals surface area contributed by atoms with Crippen molar-refractivity contribution in [2.75, 3.05) is 0 Å². The van der Waals surface area contributed by atoms with Crippen molar-refractivity contribution in [1.29, 1.82) is 0 Å². The Balaban J connectivity index is 3.01. The zero-order valence-corrected chi connectivity index (χ0v) is 9.83. The zero-order chi connectivity index (χ0) is 12.3. The number of carboxylic acid groups (broad SMARTS) is 1. The van der Waals surface area contributed by atoms with E-state index in [1.807, 2.05) is 13.8 Å². The van der Waals surface area contributed by atoms with E-state index < -0.39 is 5.97 Å². The van der Waals surface area contributed by atoms with Crippen LogP contribution in [0.2, 0.25) is 0 Å². The molecule has 2 nitrogen and oxygen atoms in total. The fourth-order valence-corrected chi connectivity index (χ4v) is 1.83. The summed E-state index contributed by atoms with van der Waals surface area (Å²) in [5, 5.41) is 8.84. The predicted molar refractivity (Wildman–Crippen MR) is 61.0 cm³/mol. The summed E-state index contributed by atoms with van der Waals surface area (Å²) in [6.45, 7) is 5.65. The van der Waals surface area contributed by atoms with Crippen LogP contribution in [-0.2, 0) is 4.79 Å². The van der Waals surface area contributed by atoms with E-state index in [2.05, 4.69) is 0 Å². The molecule has 0 aromatic heterocycles. The SMILES string of the molecule is Cc1cc([C@H](CC(=O)O)C(C)C)ccc1F. The molecule has 1 aromatic carbocycles. The Morgan fingerprint density at radius 1 is 1.44 bits per heavy atom. The second-order valence-corrected chi connectivity index (χ2v) is 4.46. The van der Waals surface area contributed by atoms with Gasteiger partial charge in [0.1, 0.15) is 5.82 Å². The first kappa shape index (κ1) is 12.7. The number of benzene rings is 1. The molecule has 88 valence electrons. The molecule has 1 rings (SSSR count). The van der Waals surface area contributed by atoms with Crippen molar-refractivity contribution in [1.82, 2.24) is 0 Å². The molecule has 0 aliphatic carbocycles. The number of hydrogen-bond donors (Lipinski definition) is 1. The van der Waals surface area contributed by atoms with E-state index in [1.165, 1.54) is 6.07 Å². The molecule has 0 aliphatic rings. The van der Waals surface area contributed by atoms with E-state index >= 15 is 0 Å². The van der Waals surface area contributed by atoms with Gasteiger partial charge >= 0.3 is 5.97 Å². The molecule has 0 spiro atoms. The van der Waals surface area contributed by atoms with Crippen LogP contribution in [0.25, 0.3) is 0 Å². The molecule has 0 amide bonds. The third-order valence-electron chi connectivity index (χ3n) is 2.81. The maximum absolute atomic E-state index is 13.1. The molecule has 0 heterocycles. The standard InChI is InChI=1S/C13H17FO2/c1-8(2)11(7-13(15)16)10-4-5-12(14)9(3)6-10/h4-6,8,11H,7H2,1-3H3,(H,15,16)/t11-/m1/s1. The van der Waals surface area contributed by atoms with Crippen LogP contribution in [0.1, 0.15) is 37.3 Å². The third kappa shape index (κ3) is 3.05. The van der Waals surface area contributed by atoms with E-state index in [0.717, 1.165) is 5.56 Å².